The highest BCUT2D eigenvalue weighted by molar-refractivity contribution is 7.57. The Labute approximate surface area is 452 Å². The van der Waals surface area contributed by atoms with Gasteiger partial charge >= 0.3 is 16.8 Å². The Morgan fingerprint density at radius 2 is 0.432 bits per heavy atom. The highest BCUT2D eigenvalue weighted by Crippen LogP contribution is 2.52. The van der Waals surface area contributed by atoms with Crippen molar-refractivity contribution in [1.29, 1.82) is 0 Å². The number of benzene rings is 6. The van der Waals surface area contributed by atoms with E-state index in [2.05, 4.69) is 236 Å². The topological polar surface area (TPSA) is 36.9 Å². The predicted octanol–water partition coefficient (Wildman–Crippen LogP) is 19.2. The molecule has 0 aliphatic heterocycles. The molecule has 6 rings (SSSR count). The van der Waals surface area contributed by atoms with Crippen LogP contribution >= 0.6 is 16.8 Å². The molecule has 0 spiro atoms. The lowest BCUT2D eigenvalue weighted by Gasteiger charge is -2.32. The zero-order chi connectivity index (χ0) is 54.5. The molecule has 0 aliphatic rings. The molecule has 0 radical (unpaired) electrons. The molecular formula is C68H92O4P2. The fraction of sp³-hybridized carbons (Fsp3) is 0.471. The Balaban J connectivity index is 1.49. The minimum atomic E-state index is -1.63. The Bertz CT molecular complexity index is 2500. The second-order valence-corrected chi connectivity index (χ2v) is 26.9. The Morgan fingerprint density at radius 1 is 0.257 bits per heavy atom. The fourth-order valence-corrected chi connectivity index (χ4v) is 13.6. The van der Waals surface area contributed by atoms with E-state index in [1.54, 1.807) is 0 Å². The molecule has 0 amide bonds. The van der Waals surface area contributed by atoms with Crippen LogP contribution in [0.4, 0.5) is 0 Å². The summed E-state index contributed by atoms with van der Waals surface area (Å²) in [7, 11) is -3.25. The summed E-state index contributed by atoms with van der Waals surface area (Å²) in [6.07, 6.45) is 7.18. The van der Waals surface area contributed by atoms with Gasteiger partial charge in [-0.05, 0) is 153 Å². The molecule has 0 heterocycles. The quantitative estimate of drug-likeness (QED) is 0.0758. The fourth-order valence-electron chi connectivity index (χ4n) is 10.8. The van der Waals surface area contributed by atoms with Crippen LogP contribution in [0.15, 0.2) is 97.1 Å². The normalized spacial score (nSPS) is 12.5. The summed E-state index contributed by atoms with van der Waals surface area (Å²) in [4.78, 5) is 0. The molecule has 0 fully saturated rings. The highest BCUT2D eigenvalue weighted by atomic mass is 31.2. The number of aryl methyl sites for hydroxylation is 8. The maximum Gasteiger partial charge on any atom is 0.326 e. The van der Waals surface area contributed by atoms with Gasteiger partial charge in [-0.2, -0.15) is 0 Å². The first-order chi connectivity index (χ1) is 34.9. The van der Waals surface area contributed by atoms with E-state index in [1.165, 1.54) is 66.8 Å². The van der Waals surface area contributed by atoms with Crippen molar-refractivity contribution in [2.24, 2.45) is 0 Å². The molecule has 6 aromatic carbocycles. The summed E-state index contributed by atoms with van der Waals surface area (Å²) >= 11 is 0. The molecule has 0 saturated carbocycles. The van der Waals surface area contributed by atoms with Crippen LogP contribution in [0.2, 0.25) is 0 Å². The van der Waals surface area contributed by atoms with Gasteiger partial charge in [0.25, 0.3) is 0 Å². The van der Waals surface area contributed by atoms with Gasteiger partial charge in [0.2, 0.25) is 0 Å². The van der Waals surface area contributed by atoms with Crippen LogP contribution in [0, 0.1) is 0 Å². The predicted molar refractivity (Wildman–Crippen MR) is 323 cm³/mol. The van der Waals surface area contributed by atoms with Crippen LogP contribution in [0.25, 0.3) is 11.1 Å². The van der Waals surface area contributed by atoms with Gasteiger partial charge in [0, 0.05) is 22.3 Å². The standard InChI is InChI=1S/C68H92O4P2/c1-21-45-29-33-49(25-5)61(57(45)65(9,10)11)69-73(70-62-50(26-6)34-30-46(22-2)58(62)66(12,13)14)55-41-37-53(38-42-55)54-39-43-56(44-40-54)74(71-63-51(27-7)35-31-47(23-3)59(63)67(15,16)17)72-64-52(28-8)36-32-48(24-4)60(64)68(18,19)20/h29-44H,21-28H2,1-20H3. The first-order valence-electron chi connectivity index (χ1n) is 28.0. The van der Waals surface area contributed by atoms with Crippen molar-refractivity contribution >= 4 is 27.4 Å². The maximum absolute atomic E-state index is 7.49. The summed E-state index contributed by atoms with van der Waals surface area (Å²) in [6.45, 7) is 45.6. The van der Waals surface area contributed by atoms with E-state index in [0.717, 1.165) is 96.1 Å². The molecule has 0 saturated heterocycles. The third-order valence-electron chi connectivity index (χ3n) is 14.5. The first-order valence-corrected chi connectivity index (χ1v) is 30.4. The molecule has 4 nitrogen and oxygen atoms in total. The van der Waals surface area contributed by atoms with Crippen molar-refractivity contribution in [3.05, 3.63) is 164 Å². The van der Waals surface area contributed by atoms with Crippen molar-refractivity contribution in [3.63, 3.8) is 0 Å². The zero-order valence-electron chi connectivity index (χ0n) is 49.4. The molecule has 0 unspecified atom stereocenters. The second-order valence-electron chi connectivity index (χ2n) is 24.2. The minimum Gasteiger partial charge on any atom is -0.435 e. The molecule has 74 heavy (non-hydrogen) atoms. The average Bonchev–Trinajstić information content (AvgIpc) is 3.36. The lowest BCUT2D eigenvalue weighted by atomic mass is 9.81. The van der Waals surface area contributed by atoms with E-state index in [0.29, 0.717) is 0 Å². The van der Waals surface area contributed by atoms with Crippen LogP contribution in [0.3, 0.4) is 0 Å². The number of rotatable bonds is 19. The smallest absolute Gasteiger partial charge is 0.326 e. The maximum atomic E-state index is 7.49. The average molecular weight is 1040 g/mol. The summed E-state index contributed by atoms with van der Waals surface area (Å²) in [5, 5.41) is 2.06. The lowest BCUT2D eigenvalue weighted by Crippen LogP contribution is -2.21. The van der Waals surface area contributed by atoms with Gasteiger partial charge in [-0.15, -0.1) is 0 Å². The largest absolute Gasteiger partial charge is 0.435 e. The van der Waals surface area contributed by atoms with Crippen LogP contribution < -0.4 is 28.7 Å². The van der Waals surface area contributed by atoms with Crippen LogP contribution in [-0.4, -0.2) is 0 Å². The summed E-state index contributed by atoms with van der Waals surface area (Å²) in [6, 6.07) is 36.2. The highest BCUT2D eigenvalue weighted by Gasteiger charge is 2.34. The van der Waals surface area contributed by atoms with E-state index in [4.69, 9.17) is 18.1 Å². The van der Waals surface area contributed by atoms with E-state index in [-0.39, 0.29) is 21.7 Å². The Morgan fingerprint density at radius 3 is 0.595 bits per heavy atom. The van der Waals surface area contributed by atoms with Crippen LogP contribution in [0.5, 0.6) is 23.0 Å². The van der Waals surface area contributed by atoms with Gasteiger partial charge in [-0.1, -0.05) is 211 Å². The SMILES string of the molecule is CCc1ccc(CC)c(C(C)(C)C)c1OP(Oc1c(CC)ccc(CC)c1C(C)(C)C)c1ccc(-c2ccc(P(Oc3c(CC)ccc(CC)c3C(C)(C)C)Oc3c(CC)ccc(CC)c3C(C)(C)C)cc2)cc1. The van der Waals surface area contributed by atoms with Crippen molar-refractivity contribution in [1.82, 2.24) is 0 Å². The summed E-state index contributed by atoms with van der Waals surface area (Å²) in [5.41, 5.74) is 16.9. The molecule has 6 heteroatoms. The minimum absolute atomic E-state index is 0.133. The lowest BCUT2D eigenvalue weighted by molar-refractivity contribution is 0.459. The van der Waals surface area contributed by atoms with Gasteiger partial charge in [0.05, 0.1) is 10.6 Å². The van der Waals surface area contributed by atoms with Crippen molar-refractivity contribution in [3.8, 4) is 34.1 Å². The zero-order valence-corrected chi connectivity index (χ0v) is 51.2. The third kappa shape index (κ3) is 13.0. The summed E-state index contributed by atoms with van der Waals surface area (Å²) < 4.78 is 30.0. The number of hydrogen-bond donors (Lipinski definition) is 0. The van der Waals surface area contributed by atoms with E-state index < -0.39 is 16.8 Å². The third-order valence-corrected chi connectivity index (χ3v) is 17.4. The van der Waals surface area contributed by atoms with Gasteiger partial charge in [-0.25, -0.2) is 0 Å². The van der Waals surface area contributed by atoms with Gasteiger partial charge in [-0.3, -0.25) is 0 Å². The van der Waals surface area contributed by atoms with Crippen LogP contribution in [0.1, 0.15) is 205 Å². The molecular weight excluding hydrogens is 943 g/mol. The van der Waals surface area contributed by atoms with E-state index in [9.17, 15) is 0 Å². The molecule has 0 N–H and O–H groups in total. The summed E-state index contributed by atoms with van der Waals surface area (Å²) in [5.74, 6) is 3.88. The second kappa shape index (κ2) is 24.2. The Hall–Kier alpha value is -4.62. The molecule has 0 aliphatic carbocycles. The van der Waals surface area contributed by atoms with Gasteiger partial charge < -0.3 is 18.1 Å². The van der Waals surface area contributed by atoms with Gasteiger partial charge in [0.1, 0.15) is 23.0 Å². The monoisotopic (exact) mass is 1030 g/mol. The molecule has 0 atom stereocenters. The van der Waals surface area contributed by atoms with E-state index in [1.807, 2.05) is 0 Å². The van der Waals surface area contributed by atoms with E-state index >= 15 is 0 Å². The van der Waals surface area contributed by atoms with Crippen molar-refractivity contribution in [2.75, 3.05) is 0 Å². The Kier molecular flexibility index (Phi) is 19.1. The molecule has 0 aromatic heterocycles. The van der Waals surface area contributed by atoms with Crippen molar-refractivity contribution in [2.45, 2.75) is 212 Å². The number of hydrogen-bond acceptors (Lipinski definition) is 4. The van der Waals surface area contributed by atoms with Crippen LogP contribution in [-0.2, 0) is 73.0 Å². The van der Waals surface area contributed by atoms with Crippen molar-refractivity contribution < 1.29 is 18.1 Å². The van der Waals surface area contributed by atoms with Gasteiger partial charge in [0.15, 0.2) is 0 Å². The molecule has 398 valence electrons. The molecule has 6 aromatic rings. The molecule has 0 bridgehead atoms. The first kappa shape index (κ1) is 58.6.